The lowest BCUT2D eigenvalue weighted by atomic mass is 9.99. The summed E-state index contributed by atoms with van der Waals surface area (Å²) in [5.74, 6) is 0.585. The van der Waals surface area contributed by atoms with Crippen LogP contribution < -0.4 is 5.32 Å². The number of aryl methyl sites for hydroxylation is 2. The van der Waals surface area contributed by atoms with E-state index in [2.05, 4.69) is 5.32 Å². The van der Waals surface area contributed by atoms with Gasteiger partial charge in [-0.15, -0.1) is 0 Å². The van der Waals surface area contributed by atoms with Crippen LogP contribution in [0.4, 0.5) is 8.78 Å². The van der Waals surface area contributed by atoms with Gasteiger partial charge in [-0.3, -0.25) is 0 Å². The standard InChI is InChI=1S/C16H19F2NO/c1-4-19-16(15-5-10(2)20-11(15)3)8-12-6-13(17)9-14(18)7-12/h5-7,9,16,19H,4,8H2,1-3H3. The van der Waals surface area contributed by atoms with Crippen LogP contribution >= 0.6 is 0 Å². The predicted octanol–water partition coefficient (Wildman–Crippen LogP) is 4.07. The highest BCUT2D eigenvalue weighted by molar-refractivity contribution is 5.27. The molecule has 108 valence electrons. The number of benzene rings is 1. The second-order valence-electron chi connectivity index (χ2n) is 4.96. The van der Waals surface area contributed by atoms with Crippen LogP contribution in [0.15, 0.2) is 28.7 Å². The zero-order chi connectivity index (χ0) is 14.7. The van der Waals surface area contributed by atoms with Gasteiger partial charge in [-0.1, -0.05) is 6.92 Å². The molecule has 4 heteroatoms. The summed E-state index contributed by atoms with van der Waals surface area (Å²) in [6, 6.07) is 5.58. The number of hydrogen-bond donors (Lipinski definition) is 1. The summed E-state index contributed by atoms with van der Waals surface area (Å²) in [4.78, 5) is 0. The summed E-state index contributed by atoms with van der Waals surface area (Å²) in [6.45, 7) is 6.56. The molecule has 0 saturated heterocycles. The minimum atomic E-state index is -0.546. The highest BCUT2D eigenvalue weighted by Gasteiger charge is 2.17. The summed E-state index contributed by atoms with van der Waals surface area (Å²) in [5.41, 5.74) is 1.67. The molecule has 1 heterocycles. The lowest BCUT2D eigenvalue weighted by Crippen LogP contribution is -2.23. The minimum Gasteiger partial charge on any atom is -0.466 e. The first-order chi connectivity index (χ1) is 9.49. The van der Waals surface area contributed by atoms with Crippen molar-refractivity contribution in [2.45, 2.75) is 33.2 Å². The van der Waals surface area contributed by atoms with Crippen molar-refractivity contribution >= 4 is 0 Å². The molecule has 2 nitrogen and oxygen atoms in total. The van der Waals surface area contributed by atoms with Crippen molar-refractivity contribution in [1.82, 2.24) is 5.32 Å². The van der Waals surface area contributed by atoms with Crippen LogP contribution in [-0.2, 0) is 6.42 Å². The van der Waals surface area contributed by atoms with Crippen molar-refractivity contribution in [2.24, 2.45) is 0 Å². The molecule has 1 aromatic carbocycles. The third kappa shape index (κ3) is 3.45. The molecule has 0 aliphatic carbocycles. The quantitative estimate of drug-likeness (QED) is 0.892. The second kappa shape index (κ2) is 6.18. The van der Waals surface area contributed by atoms with E-state index in [-0.39, 0.29) is 6.04 Å². The van der Waals surface area contributed by atoms with E-state index in [0.717, 1.165) is 29.7 Å². The van der Waals surface area contributed by atoms with Gasteiger partial charge in [-0.25, -0.2) is 8.78 Å². The molecule has 0 saturated carbocycles. The molecule has 1 aromatic heterocycles. The van der Waals surface area contributed by atoms with Gasteiger partial charge in [0.15, 0.2) is 0 Å². The Morgan fingerprint density at radius 2 is 1.75 bits per heavy atom. The number of likely N-dealkylation sites (N-methyl/N-ethyl adjacent to an activating group) is 1. The van der Waals surface area contributed by atoms with Crippen molar-refractivity contribution < 1.29 is 13.2 Å². The van der Waals surface area contributed by atoms with Crippen LogP contribution in [0.5, 0.6) is 0 Å². The molecule has 0 spiro atoms. The van der Waals surface area contributed by atoms with Gasteiger partial charge in [-0.05, 0) is 50.6 Å². The lowest BCUT2D eigenvalue weighted by molar-refractivity contribution is 0.483. The largest absolute Gasteiger partial charge is 0.466 e. The third-order valence-corrected chi connectivity index (χ3v) is 3.27. The normalized spacial score (nSPS) is 12.7. The first-order valence-electron chi connectivity index (χ1n) is 6.75. The highest BCUT2D eigenvalue weighted by atomic mass is 19.1. The van der Waals surface area contributed by atoms with E-state index >= 15 is 0 Å². The Hall–Kier alpha value is -1.68. The SMILES string of the molecule is CCNC(Cc1cc(F)cc(F)c1)c1cc(C)oc1C. The number of rotatable bonds is 5. The Balaban J connectivity index is 2.27. The van der Waals surface area contributed by atoms with Gasteiger partial charge in [0.05, 0.1) is 0 Å². The topological polar surface area (TPSA) is 25.2 Å². The van der Waals surface area contributed by atoms with Gasteiger partial charge in [-0.2, -0.15) is 0 Å². The van der Waals surface area contributed by atoms with Gasteiger partial charge in [0.2, 0.25) is 0 Å². The molecule has 0 aliphatic rings. The Morgan fingerprint density at radius 3 is 2.25 bits per heavy atom. The Kier molecular flexibility index (Phi) is 4.55. The molecular formula is C16H19F2NO. The van der Waals surface area contributed by atoms with Crippen molar-refractivity contribution in [3.63, 3.8) is 0 Å². The molecule has 2 rings (SSSR count). The van der Waals surface area contributed by atoms with Gasteiger partial charge < -0.3 is 9.73 Å². The molecule has 0 bridgehead atoms. The molecule has 0 amide bonds. The molecule has 1 atom stereocenters. The molecule has 0 fully saturated rings. The predicted molar refractivity (Wildman–Crippen MR) is 74.7 cm³/mol. The van der Waals surface area contributed by atoms with Crippen LogP contribution in [0.2, 0.25) is 0 Å². The van der Waals surface area contributed by atoms with Crippen molar-refractivity contribution in [1.29, 1.82) is 0 Å². The summed E-state index contributed by atoms with van der Waals surface area (Å²) in [7, 11) is 0. The van der Waals surface area contributed by atoms with Crippen molar-refractivity contribution in [2.75, 3.05) is 6.54 Å². The maximum atomic E-state index is 13.3. The molecule has 1 unspecified atom stereocenters. The van der Waals surface area contributed by atoms with Crippen LogP contribution in [0.1, 0.15) is 35.6 Å². The Labute approximate surface area is 117 Å². The highest BCUT2D eigenvalue weighted by Crippen LogP contribution is 2.25. The number of furan rings is 1. The number of hydrogen-bond acceptors (Lipinski definition) is 2. The molecule has 0 aliphatic heterocycles. The van der Waals surface area contributed by atoms with Gasteiger partial charge >= 0.3 is 0 Å². The summed E-state index contributed by atoms with van der Waals surface area (Å²) in [5, 5.41) is 3.34. The summed E-state index contributed by atoms with van der Waals surface area (Å²) in [6.07, 6.45) is 0.516. The molecule has 0 radical (unpaired) electrons. The second-order valence-corrected chi connectivity index (χ2v) is 4.96. The maximum Gasteiger partial charge on any atom is 0.126 e. The third-order valence-electron chi connectivity index (χ3n) is 3.27. The van der Waals surface area contributed by atoms with Crippen molar-refractivity contribution in [3.8, 4) is 0 Å². The number of halogens is 2. The molecule has 20 heavy (non-hydrogen) atoms. The Bertz CT molecular complexity index is 572. The van der Waals surface area contributed by atoms with E-state index in [0.29, 0.717) is 12.0 Å². The molecule has 1 N–H and O–H groups in total. The van der Waals surface area contributed by atoms with E-state index < -0.39 is 11.6 Å². The zero-order valence-electron chi connectivity index (χ0n) is 12.0. The smallest absolute Gasteiger partial charge is 0.126 e. The monoisotopic (exact) mass is 279 g/mol. The summed E-state index contributed by atoms with van der Waals surface area (Å²) < 4.78 is 32.1. The zero-order valence-corrected chi connectivity index (χ0v) is 12.0. The molecular weight excluding hydrogens is 260 g/mol. The minimum absolute atomic E-state index is 0.0151. The number of nitrogens with one attached hydrogen (secondary N) is 1. The van der Waals surface area contributed by atoms with E-state index in [4.69, 9.17) is 4.42 Å². The van der Waals surface area contributed by atoms with E-state index in [9.17, 15) is 8.78 Å². The summed E-state index contributed by atoms with van der Waals surface area (Å²) >= 11 is 0. The molecule has 2 aromatic rings. The van der Waals surface area contributed by atoms with Gasteiger partial charge in [0, 0.05) is 17.7 Å². The first kappa shape index (κ1) is 14.7. The van der Waals surface area contributed by atoms with Crippen LogP contribution in [0.25, 0.3) is 0 Å². The fourth-order valence-corrected chi connectivity index (χ4v) is 2.50. The van der Waals surface area contributed by atoms with E-state index in [1.165, 1.54) is 12.1 Å². The van der Waals surface area contributed by atoms with E-state index in [1.54, 1.807) is 0 Å². The van der Waals surface area contributed by atoms with Crippen molar-refractivity contribution in [3.05, 3.63) is 58.5 Å². The fourth-order valence-electron chi connectivity index (χ4n) is 2.50. The van der Waals surface area contributed by atoms with E-state index in [1.807, 2.05) is 26.8 Å². The van der Waals surface area contributed by atoms with Crippen LogP contribution in [-0.4, -0.2) is 6.54 Å². The lowest BCUT2D eigenvalue weighted by Gasteiger charge is -2.17. The van der Waals surface area contributed by atoms with Gasteiger partial charge in [0.25, 0.3) is 0 Å². The van der Waals surface area contributed by atoms with Gasteiger partial charge in [0.1, 0.15) is 23.2 Å². The van der Waals surface area contributed by atoms with Crippen LogP contribution in [0, 0.1) is 25.5 Å². The Morgan fingerprint density at radius 1 is 1.10 bits per heavy atom. The average Bonchev–Trinajstić information content (AvgIpc) is 2.66. The first-order valence-corrected chi connectivity index (χ1v) is 6.75. The van der Waals surface area contributed by atoms with Crippen LogP contribution in [0.3, 0.4) is 0 Å². The average molecular weight is 279 g/mol. The maximum absolute atomic E-state index is 13.3. The fraction of sp³-hybridized carbons (Fsp3) is 0.375.